The number of benzene rings is 1. The van der Waals surface area contributed by atoms with Gasteiger partial charge < -0.3 is 9.47 Å². The molecule has 0 aliphatic rings. The van der Waals surface area contributed by atoms with Crippen LogP contribution in [0, 0.1) is 0 Å². The Bertz CT molecular complexity index is 390. The Morgan fingerprint density at radius 1 is 1.53 bits per heavy atom. The van der Waals surface area contributed by atoms with Gasteiger partial charge in [0.05, 0.1) is 12.7 Å². The van der Waals surface area contributed by atoms with Crippen molar-refractivity contribution < 1.29 is 14.3 Å². The average Bonchev–Trinajstić information content (AvgIpc) is 2.29. The normalized spacial score (nSPS) is 8.87. The molecule has 0 saturated carbocycles. The van der Waals surface area contributed by atoms with Crippen molar-refractivity contribution in [3.05, 3.63) is 42.1 Å². The van der Waals surface area contributed by atoms with Gasteiger partial charge in [0.2, 0.25) is 0 Å². The van der Waals surface area contributed by atoms with E-state index in [1.54, 1.807) is 31.4 Å². The fourth-order valence-corrected chi connectivity index (χ4v) is 1.07. The summed E-state index contributed by atoms with van der Waals surface area (Å²) in [5, 5.41) is 0. The number of ether oxygens (including phenoxy) is 2. The van der Waals surface area contributed by atoms with Gasteiger partial charge in [-0.1, -0.05) is 6.58 Å². The van der Waals surface area contributed by atoms with E-state index in [1.165, 1.54) is 0 Å². The van der Waals surface area contributed by atoms with Crippen LogP contribution in [-0.2, 0) is 0 Å². The summed E-state index contributed by atoms with van der Waals surface area (Å²) in [6.45, 7) is 3.76. The van der Waals surface area contributed by atoms with E-state index in [0.717, 1.165) is 6.29 Å². The summed E-state index contributed by atoms with van der Waals surface area (Å²) >= 11 is 0. The fourth-order valence-electron chi connectivity index (χ4n) is 1.07. The Labute approximate surface area is 88.6 Å². The largest absolute Gasteiger partial charge is 0.497 e. The van der Waals surface area contributed by atoms with E-state index in [1.807, 2.05) is 0 Å². The molecule has 0 aromatic heterocycles. The van der Waals surface area contributed by atoms with Gasteiger partial charge in [0.15, 0.2) is 6.29 Å². The van der Waals surface area contributed by atoms with Crippen molar-refractivity contribution in [3.63, 3.8) is 0 Å². The molecular weight excluding hydrogens is 192 g/mol. The highest BCUT2D eigenvalue weighted by molar-refractivity contribution is 5.80. The number of hydrogen-bond acceptors (Lipinski definition) is 3. The molecule has 15 heavy (non-hydrogen) atoms. The van der Waals surface area contributed by atoms with Crippen LogP contribution in [0.25, 0.3) is 0 Å². The molecule has 0 saturated heterocycles. The summed E-state index contributed by atoms with van der Waals surface area (Å²) in [6.07, 6.45) is 2.37. The van der Waals surface area contributed by atoms with Gasteiger partial charge in [-0.15, -0.1) is 5.73 Å². The molecule has 1 rings (SSSR count). The minimum absolute atomic E-state index is 0.344. The summed E-state index contributed by atoms with van der Waals surface area (Å²) in [6, 6.07) is 5.05. The smallest absolute Gasteiger partial charge is 0.153 e. The number of carbonyl (C=O) groups is 1. The lowest BCUT2D eigenvalue weighted by Crippen LogP contribution is -1.97. The SMILES string of the molecule is C=C=CCOc1ccc(OC)cc1C=O. The van der Waals surface area contributed by atoms with Crippen molar-refractivity contribution in [2.24, 2.45) is 0 Å². The van der Waals surface area contributed by atoms with Gasteiger partial charge in [-0.2, -0.15) is 0 Å². The first kappa shape index (κ1) is 11.1. The monoisotopic (exact) mass is 204 g/mol. The molecule has 78 valence electrons. The van der Waals surface area contributed by atoms with Crippen LogP contribution in [-0.4, -0.2) is 20.0 Å². The number of methoxy groups -OCH3 is 1. The molecule has 1 aromatic rings. The predicted molar refractivity (Wildman–Crippen MR) is 57.6 cm³/mol. The molecule has 0 radical (unpaired) electrons. The molecule has 0 atom stereocenters. The Balaban J connectivity index is 2.86. The van der Waals surface area contributed by atoms with Crippen LogP contribution in [0.3, 0.4) is 0 Å². The third-order valence-corrected chi connectivity index (χ3v) is 1.81. The molecule has 0 heterocycles. The highest BCUT2D eigenvalue weighted by Gasteiger charge is 2.03. The molecule has 0 fully saturated rings. The third-order valence-electron chi connectivity index (χ3n) is 1.81. The van der Waals surface area contributed by atoms with Crippen molar-refractivity contribution in [1.29, 1.82) is 0 Å². The average molecular weight is 204 g/mol. The zero-order valence-electron chi connectivity index (χ0n) is 8.53. The van der Waals surface area contributed by atoms with E-state index in [0.29, 0.717) is 23.7 Å². The van der Waals surface area contributed by atoms with Crippen molar-refractivity contribution in [2.75, 3.05) is 13.7 Å². The molecule has 0 unspecified atom stereocenters. The zero-order chi connectivity index (χ0) is 11.1. The first-order valence-electron chi connectivity index (χ1n) is 4.42. The first-order chi connectivity index (χ1) is 7.31. The molecule has 0 bridgehead atoms. The predicted octanol–water partition coefficient (Wildman–Crippen LogP) is 2.23. The van der Waals surface area contributed by atoms with Gasteiger partial charge in [-0.25, -0.2) is 0 Å². The molecule has 3 heteroatoms. The van der Waals surface area contributed by atoms with Gasteiger partial charge in [-0.05, 0) is 24.3 Å². The Morgan fingerprint density at radius 3 is 2.93 bits per heavy atom. The highest BCUT2D eigenvalue weighted by Crippen LogP contribution is 2.22. The topological polar surface area (TPSA) is 35.5 Å². The summed E-state index contributed by atoms with van der Waals surface area (Å²) in [5.41, 5.74) is 3.05. The van der Waals surface area contributed by atoms with Crippen molar-refractivity contribution >= 4 is 6.29 Å². The van der Waals surface area contributed by atoms with Crippen LogP contribution in [0.2, 0.25) is 0 Å². The van der Waals surface area contributed by atoms with Crippen LogP contribution >= 0.6 is 0 Å². The second kappa shape index (κ2) is 5.68. The molecule has 3 nitrogen and oxygen atoms in total. The third kappa shape index (κ3) is 3.01. The summed E-state index contributed by atoms with van der Waals surface area (Å²) in [4.78, 5) is 10.8. The van der Waals surface area contributed by atoms with E-state index in [9.17, 15) is 4.79 Å². The second-order valence-corrected chi connectivity index (χ2v) is 2.74. The fraction of sp³-hybridized carbons (Fsp3) is 0.167. The van der Waals surface area contributed by atoms with Crippen molar-refractivity contribution in [2.45, 2.75) is 0 Å². The maximum absolute atomic E-state index is 10.8. The van der Waals surface area contributed by atoms with E-state index in [-0.39, 0.29) is 0 Å². The van der Waals surface area contributed by atoms with Gasteiger partial charge >= 0.3 is 0 Å². The molecule has 0 amide bonds. The minimum Gasteiger partial charge on any atom is -0.497 e. The van der Waals surface area contributed by atoms with E-state index in [2.05, 4.69) is 12.3 Å². The summed E-state index contributed by atoms with van der Waals surface area (Å²) in [5.74, 6) is 1.15. The lowest BCUT2D eigenvalue weighted by molar-refractivity contribution is 0.111. The molecule has 0 N–H and O–H groups in total. The van der Waals surface area contributed by atoms with Gasteiger partial charge in [0.25, 0.3) is 0 Å². The van der Waals surface area contributed by atoms with E-state index < -0.39 is 0 Å². The van der Waals surface area contributed by atoms with Crippen LogP contribution in [0.4, 0.5) is 0 Å². The molecule has 0 spiro atoms. The lowest BCUT2D eigenvalue weighted by Gasteiger charge is -2.07. The minimum atomic E-state index is 0.344. The Hall–Kier alpha value is -1.99. The number of aldehydes is 1. The number of rotatable bonds is 5. The maximum atomic E-state index is 10.8. The number of hydrogen-bond donors (Lipinski definition) is 0. The van der Waals surface area contributed by atoms with Crippen molar-refractivity contribution in [1.82, 2.24) is 0 Å². The first-order valence-corrected chi connectivity index (χ1v) is 4.42. The molecule has 0 aliphatic carbocycles. The molecular formula is C12H12O3. The lowest BCUT2D eigenvalue weighted by atomic mass is 10.2. The van der Waals surface area contributed by atoms with Crippen LogP contribution in [0.15, 0.2) is 36.6 Å². The van der Waals surface area contributed by atoms with Gasteiger partial charge in [-0.3, -0.25) is 4.79 Å². The maximum Gasteiger partial charge on any atom is 0.153 e. The highest BCUT2D eigenvalue weighted by atomic mass is 16.5. The van der Waals surface area contributed by atoms with Crippen LogP contribution in [0.5, 0.6) is 11.5 Å². The van der Waals surface area contributed by atoms with Crippen molar-refractivity contribution in [3.8, 4) is 11.5 Å². The van der Waals surface area contributed by atoms with E-state index >= 15 is 0 Å². The Morgan fingerprint density at radius 2 is 2.33 bits per heavy atom. The number of carbonyl (C=O) groups excluding carboxylic acids is 1. The van der Waals surface area contributed by atoms with Gasteiger partial charge in [0.1, 0.15) is 18.1 Å². The molecule has 0 aliphatic heterocycles. The summed E-state index contributed by atoms with van der Waals surface area (Å²) < 4.78 is 10.3. The standard InChI is InChI=1S/C12H12O3/c1-3-4-7-15-12-6-5-11(14-2)8-10(12)9-13/h4-6,8-9H,1,7H2,2H3. The van der Waals surface area contributed by atoms with E-state index in [4.69, 9.17) is 9.47 Å². The second-order valence-electron chi connectivity index (χ2n) is 2.74. The molecule has 1 aromatic carbocycles. The van der Waals surface area contributed by atoms with Crippen LogP contribution < -0.4 is 9.47 Å². The Kier molecular flexibility index (Phi) is 4.20. The van der Waals surface area contributed by atoms with Gasteiger partial charge in [0, 0.05) is 0 Å². The zero-order valence-corrected chi connectivity index (χ0v) is 8.53. The van der Waals surface area contributed by atoms with Crippen LogP contribution in [0.1, 0.15) is 10.4 Å². The summed E-state index contributed by atoms with van der Waals surface area (Å²) in [7, 11) is 1.55. The quantitative estimate of drug-likeness (QED) is 0.545.